The topological polar surface area (TPSA) is 81.4 Å². The van der Waals surface area contributed by atoms with Crippen LogP contribution in [0.2, 0.25) is 0 Å². The van der Waals surface area contributed by atoms with Crippen molar-refractivity contribution in [1.82, 2.24) is 4.72 Å². The maximum absolute atomic E-state index is 12.3. The molecule has 0 spiro atoms. The molecule has 0 fully saturated rings. The van der Waals surface area contributed by atoms with Crippen molar-refractivity contribution < 1.29 is 13.2 Å². The summed E-state index contributed by atoms with van der Waals surface area (Å²) >= 11 is 0. The van der Waals surface area contributed by atoms with Gasteiger partial charge in [-0.25, -0.2) is 13.1 Å². The second kappa shape index (κ2) is 7.73. The lowest BCUT2D eigenvalue weighted by Gasteiger charge is -2.19. The number of sulfonamides is 1. The summed E-state index contributed by atoms with van der Waals surface area (Å²) in [6.07, 6.45) is 0.716. The van der Waals surface area contributed by atoms with Crippen LogP contribution in [0.15, 0.2) is 29.2 Å². The Morgan fingerprint density at radius 1 is 1.35 bits per heavy atom. The van der Waals surface area contributed by atoms with Crippen LogP contribution in [0.3, 0.4) is 0 Å². The van der Waals surface area contributed by atoms with Crippen molar-refractivity contribution in [2.45, 2.75) is 37.8 Å². The quantitative estimate of drug-likeness (QED) is 0.762. The Morgan fingerprint density at radius 3 is 2.60 bits per heavy atom. The number of nitrogens with two attached hydrogens (primary N) is 1. The van der Waals surface area contributed by atoms with Gasteiger partial charge in [0, 0.05) is 19.7 Å². The van der Waals surface area contributed by atoms with Gasteiger partial charge in [0.1, 0.15) is 0 Å². The molecule has 5 nitrogen and oxygen atoms in total. The van der Waals surface area contributed by atoms with Crippen LogP contribution in [0.1, 0.15) is 25.8 Å². The van der Waals surface area contributed by atoms with E-state index in [1.807, 2.05) is 19.9 Å². The van der Waals surface area contributed by atoms with Crippen LogP contribution < -0.4 is 10.5 Å². The van der Waals surface area contributed by atoms with E-state index in [1.165, 1.54) is 0 Å². The van der Waals surface area contributed by atoms with Crippen molar-refractivity contribution in [1.29, 1.82) is 0 Å². The number of rotatable bonds is 8. The highest BCUT2D eigenvalue weighted by molar-refractivity contribution is 7.89. The SMILES string of the molecule is COCc1cccc(S(=O)(=O)NC(CN)CC(C)C)c1. The summed E-state index contributed by atoms with van der Waals surface area (Å²) in [5.41, 5.74) is 6.46. The third kappa shape index (κ3) is 5.20. The first-order valence-electron chi connectivity index (χ1n) is 6.69. The first-order chi connectivity index (χ1) is 9.39. The summed E-state index contributed by atoms with van der Waals surface area (Å²) in [5.74, 6) is 0.381. The molecule has 1 unspecified atom stereocenters. The number of nitrogens with one attached hydrogen (secondary N) is 1. The molecule has 6 heteroatoms. The van der Waals surface area contributed by atoms with Crippen molar-refractivity contribution in [2.75, 3.05) is 13.7 Å². The fraction of sp³-hybridized carbons (Fsp3) is 0.571. The number of methoxy groups -OCH3 is 1. The molecule has 20 heavy (non-hydrogen) atoms. The van der Waals surface area contributed by atoms with E-state index in [4.69, 9.17) is 10.5 Å². The Balaban J connectivity index is 2.89. The lowest BCUT2D eigenvalue weighted by atomic mass is 10.1. The third-order valence-corrected chi connectivity index (χ3v) is 4.40. The van der Waals surface area contributed by atoms with Gasteiger partial charge in [0.15, 0.2) is 0 Å². The van der Waals surface area contributed by atoms with E-state index in [0.29, 0.717) is 18.9 Å². The monoisotopic (exact) mass is 300 g/mol. The Labute approximate surface area is 121 Å². The van der Waals surface area contributed by atoms with Gasteiger partial charge < -0.3 is 10.5 Å². The number of hydrogen-bond donors (Lipinski definition) is 2. The van der Waals surface area contributed by atoms with E-state index in [9.17, 15) is 8.42 Å². The van der Waals surface area contributed by atoms with Crippen LogP contribution in [0, 0.1) is 5.92 Å². The Hall–Kier alpha value is -0.950. The predicted octanol–water partition coefficient (Wildman–Crippen LogP) is 1.48. The highest BCUT2D eigenvalue weighted by Crippen LogP contribution is 2.14. The molecule has 0 amide bonds. The molecule has 0 saturated carbocycles. The first kappa shape index (κ1) is 17.1. The average molecular weight is 300 g/mol. The largest absolute Gasteiger partial charge is 0.380 e. The van der Waals surface area contributed by atoms with Crippen LogP contribution in [0.5, 0.6) is 0 Å². The number of benzene rings is 1. The van der Waals surface area contributed by atoms with E-state index < -0.39 is 10.0 Å². The average Bonchev–Trinajstić information content (AvgIpc) is 2.38. The number of hydrogen-bond acceptors (Lipinski definition) is 4. The van der Waals surface area contributed by atoms with E-state index in [0.717, 1.165) is 5.56 Å². The van der Waals surface area contributed by atoms with Gasteiger partial charge in [-0.15, -0.1) is 0 Å². The van der Waals surface area contributed by atoms with Gasteiger partial charge in [-0.3, -0.25) is 0 Å². The van der Waals surface area contributed by atoms with E-state index >= 15 is 0 Å². The van der Waals surface area contributed by atoms with E-state index in [2.05, 4.69) is 4.72 Å². The zero-order valence-electron chi connectivity index (χ0n) is 12.3. The van der Waals surface area contributed by atoms with Crippen molar-refractivity contribution >= 4 is 10.0 Å². The van der Waals surface area contributed by atoms with E-state index in [1.54, 1.807) is 25.3 Å². The summed E-state index contributed by atoms with van der Waals surface area (Å²) in [7, 11) is -1.97. The van der Waals surface area contributed by atoms with Crippen molar-refractivity contribution in [2.24, 2.45) is 11.7 Å². The molecular formula is C14H24N2O3S. The van der Waals surface area contributed by atoms with Gasteiger partial charge in [0.2, 0.25) is 10.0 Å². The van der Waals surface area contributed by atoms with Crippen LogP contribution in [0.25, 0.3) is 0 Å². The second-order valence-corrected chi connectivity index (χ2v) is 6.98. The summed E-state index contributed by atoms with van der Waals surface area (Å²) in [5, 5.41) is 0. The Kier molecular flexibility index (Phi) is 6.61. The van der Waals surface area contributed by atoms with Gasteiger partial charge in [-0.2, -0.15) is 0 Å². The minimum Gasteiger partial charge on any atom is -0.380 e. The molecule has 114 valence electrons. The summed E-state index contributed by atoms with van der Waals surface area (Å²) in [6.45, 7) is 4.75. The summed E-state index contributed by atoms with van der Waals surface area (Å²) in [6, 6.07) is 6.49. The standard InChI is InChI=1S/C14H24N2O3S/c1-11(2)7-13(9-15)16-20(17,18)14-6-4-5-12(8-14)10-19-3/h4-6,8,11,13,16H,7,9-10,15H2,1-3H3. The molecule has 1 rings (SSSR count). The molecule has 0 aliphatic heterocycles. The van der Waals surface area contributed by atoms with Crippen LogP contribution in [0.4, 0.5) is 0 Å². The molecule has 0 bridgehead atoms. The van der Waals surface area contributed by atoms with Crippen molar-refractivity contribution in [3.63, 3.8) is 0 Å². The molecule has 3 N–H and O–H groups in total. The molecule has 0 radical (unpaired) electrons. The van der Waals surface area contributed by atoms with Crippen LogP contribution in [-0.4, -0.2) is 28.1 Å². The Morgan fingerprint density at radius 2 is 2.05 bits per heavy atom. The molecule has 1 aromatic rings. The number of ether oxygens (including phenoxy) is 1. The van der Waals surface area contributed by atoms with Crippen molar-refractivity contribution in [3.05, 3.63) is 29.8 Å². The molecule has 1 aromatic carbocycles. The molecule has 1 atom stereocenters. The summed E-state index contributed by atoms with van der Waals surface area (Å²) < 4.78 is 32.3. The Bertz CT molecular complexity index is 515. The van der Waals surface area contributed by atoms with Gasteiger partial charge in [-0.1, -0.05) is 26.0 Å². The van der Waals surface area contributed by atoms with Gasteiger partial charge in [-0.05, 0) is 30.0 Å². The normalized spacial score (nSPS) is 13.7. The van der Waals surface area contributed by atoms with Crippen LogP contribution in [-0.2, 0) is 21.4 Å². The zero-order valence-corrected chi connectivity index (χ0v) is 13.1. The molecule has 0 saturated heterocycles. The highest BCUT2D eigenvalue weighted by atomic mass is 32.2. The minimum atomic E-state index is -3.54. The zero-order chi connectivity index (χ0) is 15.2. The molecule has 0 aliphatic carbocycles. The lowest BCUT2D eigenvalue weighted by molar-refractivity contribution is 0.184. The molecular weight excluding hydrogens is 276 g/mol. The van der Waals surface area contributed by atoms with Gasteiger partial charge in [0.25, 0.3) is 0 Å². The fourth-order valence-electron chi connectivity index (χ4n) is 2.02. The second-order valence-electron chi connectivity index (χ2n) is 5.26. The third-order valence-electron chi connectivity index (χ3n) is 2.88. The van der Waals surface area contributed by atoms with Gasteiger partial charge in [0.05, 0.1) is 11.5 Å². The predicted molar refractivity (Wildman–Crippen MR) is 79.8 cm³/mol. The maximum atomic E-state index is 12.3. The highest BCUT2D eigenvalue weighted by Gasteiger charge is 2.20. The smallest absolute Gasteiger partial charge is 0.240 e. The van der Waals surface area contributed by atoms with E-state index in [-0.39, 0.29) is 17.5 Å². The lowest BCUT2D eigenvalue weighted by Crippen LogP contribution is -2.40. The molecule has 0 aromatic heterocycles. The fourth-order valence-corrected chi connectivity index (χ4v) is 3.35. The molecule has 0 aliphatic rings. The molecule has 0 heterocycles. The summed E-state index contributed by atoms with van der Waals surface area (Å²) in [4.78, 5) is 0.245. The maximum Gasteiger partial charge on any atom is 0.240 e. The van der Waals surface area contributed by atoms with Crippen molar-refractivity contribution in [3.8, 4) is 0 Å². The van der Waals surface area contributed by atoms with Crippen LogP contribution >= 0.6 is 0 Å². The first-order valence-corrected chi connectivity index (χ1v) is 8.17. The minimum absolute atomic E-state index is 0.244. The van der Waals surface area contributed by atoms with Gasteiger partial charge >= 0.3 is 0 Å².